The highest BCUT2D eigenvalue weighted by Gasteiger charge is 2.16. The summed E-state index contributed by atoms with van der Waals surface area (Å²) in [5, 5.41) is 1.16. The maximum absolute atomic E-state index is 5.71. The molecule has 3 heterocycles. The number of pyridine rings is 1. The molecule has 0 aliphatic heterocycles. The van der Waals surface area contributed by atoms with Crippen LogP contribution in [0.5, 0.6) is 5.75 Å². The van der Waals surface area contributed by atoms with Crippen LogP contribution in [0.1, 0.15) is 35.2 Å². The van der Waals surface area contributed by atoms with Gasteiger partial charge in [-0.1, -0.05) is 36.8 Å². The molecule has 0 fully saturated rings. The lowest BCUT2D eigenvalue weighted by molar-refractivity contribution is 0.412. The van der Waals surface area contributed by atoms with Crippen LogP contribution in [0, 0.1) is 13.8 Å². The van der Waals surface area contributed by atoms with Crippen LogP contribution in [0.25, 0.3) is 22.4 Å². The van der Waals surface area contributed by atoms with Crippen molar-refractivity contribution >= 4 is 11.0 Å². The van der Waals surface area contributed by atoms with E-state index in [1.165, 1.54) is 16.7 Å². The van der Waals surface area contributed by atoms with Gasteiger partial charge < -0.3 is 13.9 Å². The van der Waals surface area contributed by atoms with Gasteiger partial charge in [0.1, 0.15) is 11.4 Å². The number of rotatable bonds is 5. The van der Waals surface area contributed by atoms with E-state index >= 15 is 0 Å². The first-order chi connectivity index (χ1) is 15.5. The normalized spacial score (nSPS) is 12.2. The van der Waals surface area contributed by atoms with Crippen molar-refractivity contribution in [2.45, 2.75) is 26.7 Å². The summed E-state index contributed by atoms with van der Waals surface area (Å²) in [4.78, 5) is 9.04. The molecule has 0 amide bonds. The largest absolute Gasteiger partial charge is 0.494 e. The SMILES string of the molecule is COc1cc(-n2ccc3c(C(C)c4ccc(C)cc4)ccnc32)ccc1-n1cnc(C)c1. The van der Waals surface area contributed by atoms with Gasteiger partial charge >= 0.3 is 0 Å². The zero-order chi connectivity index (χ0) is 22.2. The van der Waals surface area contributed by atoms with Crippen LogP contribution in [0.4, 0.5) is 0 Å². The maximum atomic E-state index is 5.71. The Hall–Kier alpha value is -3.86. The summed E-state index contributed by atoms with van der Waals surface area (Å²) in [7, 11) is 1.69. The zero-order valence-electron chi connectivity index (χ0n) is 18.8. The fourth-order valence-corrected chi connectivity index (χ4v) is 4.26. The summed E-state index contributed by atoms with van der Waals surface area (Å²) >= 11 is 0. The first kappa shape index (κ1) is 20.1. The molecule has 0 saturated carbocycles. The lowest BCUT2D eigenvalue weighted by Crippen LogP contribution is -2.01. The Bertz CT molecular complexity index is 1400. The summed E-state index contributed by atoms with van der Waals surface area (Å²) in [6.07, 6.45) is 7.78. The smallest absolute Gasteiger partial charge is 0.144 e. The lowest BCUT2D eigenvalue weighted by Gasteiger charge is -2.15. The molecule has 3 aromatic heterocycles. The fourth-order valence-electron chi connectivity index (χ4n) is 4.26. The van der Waals surface area contributed by atoms with E-state index < -0.39 is 0 Å². The Morgan fingerprint density at radius 1 is 0.938 bits per heavy atom. The average molecular weight is 423 g/mol. The monoisotopic (exact) mass is 422 g/mol. The molecule has 1 atom stereocenters. The lowest BCUT2D eigenvalue weighted by atomic mass is 9.91. The van der Waals surface area contributed by atoms with Gasteiger partial charge in [0.25, 0.3) is 0 Å². The van der Waals surface area contributed by atoms with Crippen LogP contribution in [0.3, 0.4) is 0 Å². The highest BCUT2D eigenvalue weighted by Crippen LogP contribution is 2.33. The van der Waals surface area contributed by atoms with Gasteiger partial charge in [0, 0.05) is 36.0 Å². The second kappa shape index (κ2) is 8.00. The van der Waals surface area contributed by atoms with Crippen LogP contribution < -0.4 is 4.74 Å². The topological polar surface area (TPSA) is 44.9 Å². The number of aromatic nitrogens is 4. The Labute approximate surface area is 188 Å². The molecule has 5 heteroatoms. The van der Waals surface area contributed by atoms with Crippen molar-refractivity contribution in [3.8, 4) is 17.1 Å². The van der Waals surface area contributed by atoms with Crippen molar-refractivity contribution in [3.63, 3.8) is 0 Å². The Balaban J connectivity index is 1.57. The van der Waals surface area contributed by atoms with E-state index in [2.05, 4.69) is 78.1 Å². The number of nitrogens with zero attached hydrogens (tertiary/aromatic N) is 4. The van der Waals surface area contributed by atoms with E-state index in [0.29, 0.717) is 0 Å². The van der Waals surface area contributed by atoms with Crippen LogP contribution in [0.15, 0.2) is 79.5 Å². The summed E-state index contributed by atoms with van der Waals surface area (Å²) < 4.78 is 9.80. The highest BCUT2D eigenvalue weighted by molar-refractivity contribution is 5.83. The highest BCUT2D eigenvalue weighted by atomic mass is 16.5. The third-order valence-corrected chi connectivity index (χ3v) is 6.10. The van der Waals surface area contributed by atoms with Crippen LogP contribution >= 0.6 is 0 Å². The molecule has 1 unspecified atom stereocenters. The minimum absolute atomic E-state index is 0.276. The van der Waals surface area contributed by atoms with Gasteiger partial charge in [0.15, 0.2) is 0 Å². The average Bonchev–Trinajstić information content (AvgIpc) is 3.45. The van der Waals surface area contributed by atoms with E-state index in [-0.39, 0.29) is 5.92 Å². The summed E-state index contributed by atoms with van der Waals surface area (Å²) in [6.45, 7) is 6.35. The molecule has 5 aromatic rings. The second-order valence-electron chi connectivity index (χ2n) is 8.23. The number of hydrogen-bond acceptors (Lipinski definition) is 3. The number of ether oxygens (including phenoxy) is 1. The number of fused-ring (bicyclic) bond motifs is 1. The third-order valence-electron chi connectivity index (χ3n) is 6.10. The van der Waals surface area contributed by atoms with E-state index in [0.717, 1.165) is 33.9 Å². The quantitative estimate of drug-likeness (QED) is 0.349. The van der Waals surface area contributed by atoms with E-state index in [9.17, 15) is 0 Å². The van der Waals surface area contributed by atoms with Crippen LogP contribution in [0.2, 0.25) is 0 Å². The molecule has 0 spiro atoms. The minimum Gasteiger partial charge on any atom is -0.494 e. The van der Waals surface area contributed by atoms with Crippen LogP contribution in [-0.4, -0.2) is 26.2 Å². The standard InChI is InChI=1S/C27H26N4O/c1-18-5-7-21(8-6-18)20(3)23-11-13-28-27-24(23)12-14-31(27)22-9-10-25(26(15-22)32-4)30-16-19(2)29-17-30/h5-17,20H,1-4H3. The first-order valence-corrected chi connectivity index (χ1v) is 10.8. The van der Waals surface area contributed by atoms with Gasteiger partial charge in [0.05, 0.1) is 30.5 Å². The summed E-state index contributed by atoms with van der Waals surface area (Å²) in [5.41, 5.74) is 7.71. The molecule has 0 bridgehead atoms. The van der Waals surface area contributed by atoms with Gasteiger partial charge in [-0.25, -0.2) is 9.97 Å². The Kier molecular flexibility index (Phi) is 5.02. The van der Waals surface area contributed by atoms with Crippen molar-refractivity contribution < 1.29 is 4.74 Å². The van der Waals surface area contributed by atoms with Gasteiger partial charge in [-0.2, -0.15) is 0 Å². The van der Waals surface area contributed by atoms with Crippen molar-refractivity contribution in [1.82, 2.24) is 19.1 Å². The zero-order valence-corrected chi connectivity index (χ0v) is 18.8. The van der Waals surface area contributed by atoms with Gasteiger partial charge in [-0.3, -0.25) is 0 Å². The number of aryl methyl sites for hydroxylation is 2. The minimum atomic E-state index is 0.276. The van der Waals surface area contributed by atoms with Crippen molar-refractivity contribution in [2.75, 3.05) is 7.11 Å². The predicted molar refractivity (Wildman–Crippen MR) is 128 cm³/mol. The Morgan fingerprint density at radius 3 is 2.47 bits per heavy atom. The number of imidazole rings is 1. The van der Waals surface area contributed by atoms with Gasteiger partial charge in [-0.05, 0) is 49.2 Å². The molecule has 0 radical (unpaired) electrons. The molecule has 0 saturated heterocycles. The fraction of sp³-hybridized carbons (Fsp3) is 0.185. The third kappa shape index (κ3) is 3.46. The molecule has 0 N–H and O–H groups in total. The van der Waals surface area contributed by atoms with E-state index in [1.807, 2.05) is 30.0 Å². The molecular formula is C27H26N4O. The number of benzene rings is 2. The first-order valence-electron chi connectivity index (χ1n) is 10.8. The molecular weight excluding hydrogens is 396 g/mol. The molecule has 2 aromatic carbocycles. The molecule has 0 aliphatic carbocycles. The van der Waals surface area contributed by atoms with Crippen LogP contribution in [-0.2, 0) is 0 Å². The molecule has 5 nitrogen and oxygen atoms in total. The van der Waals surface area contributed by atoms with E-state index in [4.69, 9.17) is 9.72 Å². The number of hydrogen-bond donors (Lipinski definition) is 0. The maximum Gasteiger partial charge on any atom is 0.144 e. The van der Waals surface area contributed by atoms with Crippen molar-refractivity contribution in [1.29, 1.82) is 0 Å². The summed E-state index contributed by atoms with van der Waals surface area (Å²) in [6, 6.07) is 19.2. The molecule has 160 valence electrons. The van der Waals surface area contributed by atoms with Gasteiger partial charge in [-0.15, -0.1) is 0 Å². The van der Waals surface area contributed by atoms with Crippen molar-refractivity contribution in [2.24, 2.45) is 0 Å². The van der Waals surface area contributed by atoms with Gasteiger partial charge in [0.2, 0.25) is 0 Å². The van der Waals surface area contributed by atoms with E-state index in [1.54, 1.807) is 13.4 Å². The molecule has 0 aliphatic rings. The van der Waals surface area contributed by atoms with Crippen molar-refractivity contribution in [3.05, 3.63) is 102 Å². The predicted octanol–water partition coefficient (Wildman–Crippen LogP) is 5.99. The Morgan fingerprint density at radius 2 is 1.75 bits per heavy atom. The summed E-state index contributed by atoms with van der Waals surface area (Å²) in [5.74, 6) is 1.06. The second-order valence-corrected chi connectivity index (χ2v) is 8.23. The molecule has 32 heavy (non-hydrogen) atoms. The number of methoxy groups -OCH3 is 1. The molecule has 5 rings (SSSR count).